The molecule has 2 saturated heterocycles. The Kier molecular flexibility index (Phi) is 7.75. The van der Waals surface area contributed by atoms with E-state index in [4.69, 9.17) is 0 Å². The Balaban J connectivity index is 1.40. The van der Waals surface area contributed by atoms with Gasteiger partial charge in [-0.25, -0.2) is 0 Å². The predicted molar refractivity (Wildman–Crippen MR) is 110 cm³/mol. The van der Waals surface area contributed by atoms with E-state index in [0.29, 0.717) is 25.9 Å². The van der Waals surface area contributed by atoms with Gasteiger partial charge in [0.15, 0.2) is 0 Å². The summed E-state index contributed by atoms with van der Waals surface area (Å²) in [6, 6.07) is 0.269. The summed E-state index contributed by atoms with van der Waals surface area (Å²) >= 11 is 0. The average molecular weight is 394 g/mol. The lowest BCUT2D eigenvalue weighted by atomic mass is 9.93. The van der Waals surface area contributed by atoms with Gasteiger partial charge in [-0.2, -0.15) is 0 Å². The van der Waals surface area contributed by atoms with Crippen molar-refractivity contribution in [2.45, 2.75) is 89.2 Å². The minimum Gasteiger partial charge on any atom is -0.388 e. The van der Waals surface area contributed by atoms with Crippen LogP contribution >= 0.6 is 0 Å². The summed E-state index contributed by atoms with van der Waals surface area (Å²) in [5.41, 5.74) is -0.693. The van der Waals surface area contributed by atoms with Crippen molar-refractivity contribution in [1.29, 1.82) is 0 Å². The first-order valence-corrected chi connectivity index (χ1v) is 11.4. The number of hydrogen-bond donors (Lipinski definition) is 2. The van der Waals surface area contributed by atoms with Gasteiger partial charge in [0.1, 0.15) is 0 Å². The summed E-state index contributed by atoms with van der Waals surface area (Å²) in [7, 11) is 0. The highest BCUT2D eigenvalue weighted by atomic mass is 16.3. The first-order valence-electron chi connectivity index (χ1n) is 11.4. The van der Waals surface area contributed by atoms with Gasteiger partial charge in [0.05, 0.1) is 5.60 Å². The number of rotatable bonds is 6. The fraction of sp³-hybridized carbons (Fsp3) is 0.909. The van der Waals surface area contributed by atoms with Crippen LogP contribution in [0.1, 0.15) is 77.6 Å². The summed E-state index contributed by atoms with van der Waals surface area (Å²) in [6.45, 7) is 5.55. The van der Waals surface area contributed by atoms with Crippen LogP contribution in [-0.2, 0) is 9.59 Å². The Morgan fingerprint density at radius 1 is 1.00 bits per heavy atom. The summed E-state index contributed by atoms with van der Waals surface area (Å²) < 4.78 is 0. The molecule has 28 heavy (non-hydrogen) atoms. The van der Waals surface area contributed by atoms with Crippen molar-refractivity contribution in [3.8, 4) is 0 Å². The molecule has 0 spiro atoms. The summed E-state index contributed by atoms with van der Waals surface area (Å²) in [5, 5.41) is 14.2. The molecule has 2 heterocycles. The van der Waals surface area contributed by atoms with E-state index in [9.17, 15) is 14.7 Å². The topological polar surface area (TPSA) is 72.9 Å². The van der Waals surface area contributed by atoms with Crippen LogP contribution < -0.4 is 5.32 Å². The van der Waals surface area contributed by atoms with E-state index in [1.807, 2.05) is 4.90 Å². The Morgan fingerprint density at radius 3 is 2.39 bits per heavy atom. The molecule has 6 nitrogen and oxygen atoms in total. The number of hydrogen-bond acceptors (Lipinski definition) is 4. The summed E-state index contributed by atoms with van der Waals surface area (Å²) in [6.07, 6.45) is 11.2. The Morgan fingerprint density at radius 2 is 1.71 bits per heavy atom. The van der Waals surface area contributed by atoms with Gasteiger partial charge in [-0.15, -0.1) is 0 Å². The molecule has 160 valence electrons. The van der Waals surface area contributed by atoms with Crippen LogP contribution in [0.3, 0.4) is 0 Å². The Labute approximate surface area is 170 Å². The Hall–Kier alpha value is -1.14. The van der Waals surface area contributed by atoms with E-state index in [-0.39, 0.29) is 17.9 Å². The van der Waals surface area contributed by atoms with Gasteiger partial charge in [-0.1, -0.05) is 25.7 Å². The number of nitrogens with one attached hydrogen (secondary N) is 1. The number of carbonyl (C=O) groups is 2. The third-order valence-electron chi connectivity index (χ3n) is 7.02. The number of nitrogens with zero attached hydrogens (tertiary/aromatic N) is 2. The average Bonchev–Trinajstić information content (AvgIpc) is 3.10. The van der Waals surface area contributed by atoms with Crippen molar-refractivity contribution < 1.29 is 14.7 Å². The molecule has 2 aliphatic heterocycles. The molecule has 2 amide bonds. The maximum absolute atomic E-state index is 12.6. The number of piperidine rings is 1. The molecule has 0 radical (unpaired) electrons. The third-order valence-corrected chi connectivity index (χ3v) is 7.02. The molecule has 0 aromatic carbocycles. The molecule has 0 bridgehead atoms. The zero-order chi connectivity index (χ0) is 20.0. The van der Waals surface area contributed by atoms with E-state index in [2.05, 4.69) is 10.2 Å². The van der Waals surface area contributed by atoms with Gasteiger partial charge < -0.3 is 20.2 Å². The maximum Gasteiger partial charge on any atom is 0.222 e. The summed E-state index contributed by atoms with van der Waals surface area (Å²) in [5.74, 6) is 1.08. The van der Waals surface area contributed by atoms with Gasteiger partial charge in [-0.3, -0.25) is 9.59 Å². The van der Waals surface area contributed by atoms with E-state index in [1.54, 1.807) is 6.92 Å². The fourth-order valence-corrected chi connectivity index (χ4v) is 5.31. The monoisotopic (exact) mass is 393 g/mol. The van der Waals surface area contributed by atoms with E-state index in [1.165, 1.54) is 25.7 Å². The van der Waals surface area contributed by atoms with Gasteiger partial charge in [0.25, 0.3) is 0 Å². The van der Waals surface area contributed by atoms with Gasteiger partial charge >= 0.3 is 0 Å². The second-order valence-corrected chi connectivity index (χ2v) is 9.40. The molecule has 6 heteroatoms. The highest BCUT2D eigenvalue weighted by Gasteiger charge is 2.34. The van der Waals surface area contributed by atoms with Crippen LogP contribution in [0.5, 0.6) is 0 Å². The van der Waals surface area contributed by atoms with Crippen molar-refractivity contribution in [3.63, 3.8) is 0 Å². The standard InChI is InChI=1S/C22H39N3O3/c1-18(26)23-20-9-14-24(15-10-20)17-22(28)11-4-13-25(16-12-22)21(27)8-7-19-5-2-3-6-19/h19-20,28H,2-17H2,1H3,(H,23,26)/t22-/m1/s1. The van der Waals surface area contributed by atoms with Crippen LogP contribution in [0.2, 0.25) is 0 Å². The smallest absolute Gasteiger partial charge is 0.222 e. The lowest BCUT2D eigenvalue weighted by molar-refractivity contribution is -0.131. The number of carbonyl (C=O) groups excluding carboxylic acids is 2. The normalized spacial score (nSPS) is 28.3. The summed E-state index contributed by atoms with van der Waals surface area (Å²) in [4.78, 5) is 28.2. The molecule has 0 aromatic heterocycles. The van der Waals surface area contributed by atoms with Gasteiger partial charge in [0, 0.05) is 52.1 Å². The lowest BCUT2D eigenvalue weighted by Gasteiger charge is -2.38. The molecule has 3 rings (SSSR count). The quantitative estimate of drug-likeness (QED) is 0.726. The van der Waals surface area contributed by atoms with Crippen molar-refractivity contribution in [2.75, 3.05) is 32.7 Å². The molecular weight excluding hydrogens is 354 g/mol. The number of aliphatic hydroxyl groups is 1. The van der Waals surface area contributed by atoms with Crippen LogP contribution in [-0.4, -0.2) is 71.1 Å². The van der Waals surface area contributed by atoms with Gasteiger partial charge in [-0.05, 0) is 44.4 Å². The molecule has 0 aromatic rings. The minimum absolute atomic E-state index is 0.0403. The van der Waals surface area contributed by atoms with E-state index >= 15 is 0 Å². The van der Waals surface area contributed by atoms with Gasteiger partial charge in [0.2, 0.25) is 11.8 Å². The lowest BCUT2D eigenvalue weighted by Crippen LogP contribution is -2.50. The number of β-amino-alcohol motifs (C(OH)–C–C–N with tert-alkyl or cyclic N) is 1. The zero-order valence-electron chi connectivity index (χ0n) is 17.6. The van der Waals surface area contributed by atoms with Crippen LogP contribution in [0, 0.1) is 5.92 Å². The van der Waals surface area contributed by atoms with Crippen LogP contribution in [0.4, 0.5) is 0 Å². The fourth-order valence-electron chi connectivity index (χ4n) is 5.31. The van der Waals surface area contributed by atoms with Crippen molar-refractivity contribution in [2.24, 2.45) is 5.92 Å². The predicted octanol–water partition coefficient (Wildman–Crippen LogP) is 2.30. The van der Waals surface area contributed by atoms with Crippen molar-refractivity contribution >= 4 is 11.8 Å². The third kappa shape index (κ3) is 6.45. The SMILES string of the molecule is CC(=O)NC1CCN(C[C@@]2(O)CCCN(C(=O)CCC3CCCC3)CC2)CC1. The highest BCUT2D eigenvalue weighted by Crippen LogP contribution is 2.29. The molecule has 1 aliphatic carbocycles. The first kappa shape index (κ1) is 21.6. The minimum atomic E-state index is -0.693. The van der Waals surface area contributed by atoms with Crippen molar-refractivity contribution in [1.82, 2.24) is 15.1 Å². The van der Waals surface area contributed by atoms with Crippen LogP contribution in [0.25, 0.3) is 0 Å². The highest BCUT2D eigenvalue weighted by molar-refractivity contribution is 5.76. The molecule has 3 fully saturated rings. The molecule has 2 N–H and O–H groups in total. The first-order chi connectivity index (χ1) is 13.4. The second kappa shape index (κ2) is 10.1. The zero-order valence-corrected chi connectivity index (χ0v) is 17.6. The molecule has 0 unspecified atom stereocenters. The number of likely N-dealkylation sites (tertiary alicyclic amines) is 2. The van der Waals surface area contributed by atoms with E-state index < -0.39 is 5.60 Å². The molecular formula is C22H39N3O3. The number of amides is 2. The second-order valence-electron chi connectivity index (χ2n) is 9.40. The Bertz CT molecular complexity index is 527. The molecule has 1 atom stereocenters. The largest absolute Gasteiger partial charge is 0.388 e. The van der Waals surface area contributed by atoms with E-state index in [0.717, 1.165) is 57.7 Å². The molecule has 1 saturated carbocycles. The van der Waals surface area contributed by atoms with Crippen molar-refractivity contribution in [3.05, 3.63) is 0 Å². The van der Waals surface area contributed by atoms with Crippen LogP contribution in [0.15, 0.2) is 0 Å². The maximum atomic E-state index is 12.6. The molecule has 3 aliphatic rings.